The topological polar surface area (TPSA) is 62.0 Å². The molecule has 0 spiro atoms. The molecule has 2 heterocycles. The largest absolute Gasteiger partial charge is 0.339 e. The van der Waals surface area contributed by atoms with Crippen molar-refractivity contribution >= 4 is 22.7 Å². The highest BCUT2D eigenvalue weighted by molar-refractivity contribution is 6.12. The highest BCUT2D eigenvalue weighted by Gasteiger charge is 2.45. The molecule has 6 rings (SSSR count). The van der Waals surface area contributed by atoms with Crippen molar-refractivity contribution in [1.82, 2.24) is 14.5 Å². The molecule has 43 heavy (non-hydrogen) atoms. The van der Waals surface area contributed by atoms with Crippen molar-refractivity contribution in [3.05, 3.63) is 101 Å². The van der Waals surface area contributed by atoms with Crippen molar-refractivity contribution in [2.24, 2.45) is 5.92 Å². The summed E-state index contributed by atoms with van der Waals surface area (Å²) in [4.78, 5) is 20.1. The first kappa shape index (κ1) is 30.1. The Kier molecular flexibility index (Phi) is 8.72. The summed E-state index contributed by atoms with van der Waals surface area (Å²) in [7, 11) is 0. The maximum Gasteiger partial charge on any atom is 0.253 e. The van der Waals surface area contributed by atoms with Crippen LogP contribution in [0.5, 0.6) is 0 Å². The first-order chi connectivity index (χ1) is 20.6. The van der Waals surface area contributed by atoms with E-state index in [0.717, 1.165) is 35.3 Å². The number of aromatic nitrogens is 2. The average Bonchev–Trinajstić information content (AvgIpc) is 3.34. The molecule has 0 bridgehead atoms. The Bertz CT molecular complexity index is 1690. The number of benzene rings is 3. The van der Waals surface area contributed by atoms with E-state index < -0.39 is 11.7 Å². The number of nitrogens with zero attached hydrogens (tertiary/aromatic N) is 3. The molecule has 4 aromatic rings. The fourth-order valence-electron chi connectivity index (χ4n) is 6.17. The van der Waals surface area contributed by atoms with E-state index in [1.165, 1.54) is 12.1 Å². The number of imidazole rings is 1. The molecule has 0 atom stereocenters. The molecular weight excluding hydrogens is 549 g/mol. The molecule has 1 N–H and O–H groups in total. The molecule has 2 fully saturated rings. The summed E-state index contributed by atoms with van der Waals surface area (Å²) in [6.07, 6.45) is 5.94. The van der Waals surface area contributed by atoms with Crippen LogP contribution in [0.15, 0.2) is 66.7 Å². The maximum absolute atomic E-state index is 13.7. The van der Waals surface area contributed by atoms with Crippen molar-refractivity contribution in [3.63, 3.8) is 0 Å². The van der Waals surface area contributed by atoms with Crippen LogP contribution in [0.1, 0.15) is 71.4 Å². The lowest BCUT2D eigenvalue weighted by atomic mass is 9.81. The predicted octanol–water partition coefficient (Wildman–Crippen LogP) is 7.60. The van der Waals surface area contributed by atoms with Crippen LogP contribution in [0.4, 0.5) is 13.2 Å². The number of piperidine rings is 1. The second-order valence-corrected chi connectivity index (χ2v) is 11.5. The summed E-state index contributed by atoms with van der Waals surface area (Å²) < 4.78 is 42.9. The van der Waals surface area contributed by atoms with Gasteiger partial charge in [-0.05, 0) is 74.6 Å². The molecule has 222 valence electrons. The normalized spacial score (nSPS) is 16.6. The summed E-state index contributed by atoms with van der Waals surface area (Å²) in [5.74, 6) is 0.267. The van der Waals surface area contributed by atoms with Gasteiger partial charge in [-0.25, -0.2) is 18.2 Å². The van der Waals surface area contributed by atoms with Crippen molar-refractivity contribution in [1.29, 1.82) is 5.41 Å². The highest BCUT2D eigenvalue weighted by Crippen LogP contribution is 2.44. The van der Waals surface area contributed by atoms with E-state index in [4.69, 9.17) is 10.4 Å². The van der Waals surface area contributed by atoms with Crippen LogP contribution >= 0.6 is 0 Å². The van der Waals surface area contributed by atoms with Gasteiger partial charge >= 0.3 is 0 Å². The van der Waals surface area contributed by atoms with Gasteiger partial charge in [0, 0.05) is 55.1 Å². The van der Waals surface area contributed by atoms with Gasteiger partial charge in [0.2, 0.25) is 5.92 Å². The Balaban J connectivity index is 0.00000118. The molecule has 1 aromatic heterocycles. The van der Waals surface area contributed by atoms with Crippen LogP contribution in [-0.4, -0.2) is 45.1 Å². The maximum atomic E-state index is 13.7. The number of para-hydroxylation sites is 2. The third-order valence-electron chi connectivity index (χ3n) is 8.30. The number of carbonyl (C=O) groups excluding carboxylic acids is 1. The van der Waals surface area contributed by atoms with E-state index in [1.54, 1.807) is 37.3 Å². The number of aryl methyl sites for hydroxylation is 1. The number of fused-ring (bicyclic) bond motifs is 1. The molecule has 1 amide bonds. The molecule has 3 aromatic carbocycles. The number of alkyl halides is 2. The van der Waals surface area contributed by atoms with Crippen LogP contribution in [0.3, 0.4) is 0 Å². The zero-order valence-corrected chi connectivity index (χ0v) is 24.4. The zero-order chi connectivity index (χ0) is 30.7. The fraction of sp³-hybridized carbons (Fsp3) is 0.343. The van der Waals surface area contributed by atoms with E-state index in [-0.39, 0.29) is 36.3 Å². The quantitative estimate of drug-likeness (QED) is 0.187. The van der Waals surface area contributed by atoms with E-state index in [9.17, 15) is 18.0 Å². The van der Waals surface area contributed by atoms with E-state index >= 15 is 0 Å². The van der Waals surface area contributed by atoms with Gasteiger partial charge in [-0.1, -0.05) is 30.3 Å². The number of nitrogens with one attached hydrogen (secondary N) is 1. The summed E-state index contributed by atoms with van der Waals surface area (Å²) in [5, 5.41) is 8.51. The first-order valence-corrected chi connectivity index (χ1v) is 14.6. The standard InChI is InChI=1S/C32H31F3N4O.C3H4/c1-20-15-24(9-10-26(20)29(36)23-5-4-6-25(33)16-23)31(40)38-13-11-22(12-14-38)30-37-27-7-2-3-8-28(27)39(30)19-21-17-32(34,35)18-21;1-3-2/h2-10,15-16,21-22,36H,11-14,17-19H2,1H3;1H,2H3. The van der Waals surface area contributed by atoms with Gasteiger partial charge in [-0.2, -0.15) is 0 Å². The SMILES string of the molecule is C#CC.Cc1cc(C(=O)N2CCC(c3nc4ccccc4n3CC3CC(F)(F)C3)CC2)ccc1C(=N)c1cccc(F)c1. The third-order valence-corrected chi connectivity index (χ3v) is 8.30. The van der Waals surface area contributed by atoms with Gasteiger partial charge < -0.3 is 9.47 Å². The zero-order valence-electron chi connectivity index (χ0n) is 24.4. The van der Waals surface area contributed by atoms with Gasteiger partial charge in [0.1, 0.15) is 11.6 Å². The second-order valence-electron chi connectivity index (χ2n) is 11.5. The lowest BCUT2D eigenvalue weighted by Gasteiger charge is -2.36. The summed E-state index contributed by atoms with van der Waals surface area (Å²) >= 11 is 0. The van der Waals surface area contributed by atoms with Crippen molar-refractivity contribution in [2.45, 2.75) is 57.9 Å². The smallest absolute Gasteiger partial charge is 0.253 e. The molecule has 1 aliphatic heterocycles. The number of hydrogen-bond donors (Lipinski definition) is 1. The van der Waals surface area contributed by atoms with E-state index in [1.807, 2.05) is 36.1 Å². The molecule has 2 aliphatic rings. The molecule has 8 heteroatoms. The van der Waals surface area contributed by atoms with Gasteiger partial charge in [-0.3, -0.25) is 10.2 Å². The number of hydrogen-bond acceptors (Lipinski definition) is 3. The molecule has 1 saturated heterocycles. The molecule has 1 aliphatic carbocycles. The summed E-state index contributed by atoms with van der Waals surface area (Å²) in [5.41, 5.74) is 4.55. The second kappa shape index (κ2) is 12.5. The Hall–Kier alpha value is -4.38. The Morgan fingerprint density at radius 2 is 1.74 bits per heavy atom. The van der Waals surface area contributed by atoms with Gasteiger partial charge in [0.05, 0.1) is 16.7 Å². The van der Waals surface area contributed by atoms with Crippen LogP contribution in [0.2, 0.25) is 0 Å². The summed E-state index contributed by atoms with van der Waals surface area (Å²) in [6.45, 7) is 5.21. The molecule has 1 saturated carbocycles. The number of rotatable bonds is 6. The number of carbonyl (C=O) groups is 1. The third kappa shape index (κ3) is 6.51. The van der Waals surface area contributed by atoms with Crippen molar-refractivity contribution < 1.29 is 18.0 Å². The Morgan fingerprint density at radius 1 is 1.05 bits per heavy atom. The number of likely N-dealkylation sites (tertiary alicyclic amines) is 1. The van der Waals surface area contributed by atoms with Crippen molar-refractivity contribution in [2.75, 3.05) is 13.1 Å². The lowest BCUT2D eigenvalue weighted by Crippen LogP contribution is -2.39. The van der Waals surface area contributed by atoms with Crippen LogP contribution in [-0.2, 0) is 6.54 Å². The van der Waals surface area contributed by atoms with Gasteiger partial charge in [0.15, 0.2) is 0 Å². The number of terminal acetylenes is 1. The molecule has 0 radical (unpaired) electrons. The first-order valence-electron chi connectivity index (χ1n) is 14.6. The van der Waals surface area contributed by atoms with E-state index in [2.05, 4.69) is 16.9 Å². The van der Waals surface area contributed by atoms with Gasteiger partial charge in [-0.15, -0.1) is 12.3 Å². The van der Waals surface area contributed by atoms with Crippen molar-refractivity contribution in [3.8, 4) is 12.3 Å². The minimum absolute atomic E-state index is 0.0540. The summed E-state index contributed by atoms with van der Waals surface area (Å²) in [6, 6.07) is 19.1. The minimum Gasteiger partial charge on any atom is -0.339 e. The minimum atomic E-state index is -2.55. The number of amides is 1. The molecule has 5 nitrogen and oxygen atoms in total. The van der Waals surface area contributed by atoms with Crippen LogP contribution in [0, 0.1) is 36.4 Å². The monoisotopic (exact) mass is 584 g/mol. The fourth-order valence-corrected chi connectivity index (χ4v) is 6.17. The predicted molar refractivity (Wildman–Crippen MR) is 163 cm³/mol. The Labute approximate surface area is 250 Å². The highest BCUT2D eigenvalue weighted by atomic mass is 19.3. The van der Waals surface area contributed by atoms with Gasteiger partial charge in [0.25, 0.3) is 5.91 Å². The number of halogens is 3. The van der Waals surface area contributed by atoms with Crippen LogP contribution < -0.4 is 0 Å². The average molecular weight is 585 g/mol. The van der Waals surface area contributed by atoms with E-state index in [0.29, 0.717) is 36.3 Å². The molecular formula is C35H35F3N4O. The van der Waals surface area contributed by atoms with Crippen LogP contribution in [0.25, 0.3) is 11.0 Å². The Morgan fingerprint density at radius 3 is 2.40 bits per heavy atom. The lowest BCUT2D eigenvalue weighted by molar-refractivity contribution is -0.114. The molecule has 0 unspecified atom stereocenters.